The quantitative estimate of drug-likeness (QED) is 0.547. The van der Waals surface area contributed by atoms with Crippen molar-refractivity contribution in [2.75, 3.05) is 12.4 Å². The number of aldehydes is 1. The van der Waals surface area contributed by atoms with Gasteiger partial charge in [0.2, 0.25) is 0 Å². The molecule has 0 unspecified atom stereocenters. The first-order valence-corrected chi connectivity index (χ1v) is 10.3. The van der Waals surface area contributed by atoms with Crippen LogP contribution in [0.2, 0.25) is 0 Å². The Morgan fingerprint density at radius 3 is 2.63 bits per heavy atom. The lowest BCUT2D eigenvalue weighted by Gasteiger charge is -2.39. The van der Waals surface area contributed by atoms with Crippen LogP contribution in [0.4, 0.5) is 11.5 Å². The van der Waals surface area contributed by atoms with E-state index in [1.165, 1.54) is 17.7 Å². The highest BCUT2D eigenvalue weighted by molar-refractivity contribution is 7.20. The second-order valence-corrected chi connectivity index (χ2v) is 8.34. The van der Waals surface area contributed by atoms with Crippen LogP contribution in [0.3, 0.4) is 0 Å². The molecule has 0 bridgehead atoms. The Hall–Kier alpha value is -3.11. The molecule has 3 aromatic heterocycles. The molecule has 3 N–H and O–H groups in total. The van der Waals surface area contributed by atoms with E-state index >= 15 is 0 Å². The molecular weight excluding hydrogens is 406 g/mol. The highest BCUT2D eigenvalue weighted by Gasteiger charge is 2.48. The number of aromatic nitrogens is 3. The molecule has 30 heavy (non-hydrogen) atoms. The molecule has 0 radical (unpaired) electrons. The topological polar surface area (TPSA) is 126 Å². The van der Waals surface area contributed by atoms with E-state index in [9.17, 15) is 14.4 Å². The molecule has 0 aromatic carbocycles. The van der Waals surface area contributed by atoms with Gasteiger partial charge < -0.3 is 15.7 Å². The van der Waals surface area contributed by atoms with Crippen molar-refractivity contribution < 1.29 is 14.7 Å². The van der Waals surface area contributed by atoms with Crippen molar-refractivity contribution in [1.82, 2.24) is 19.9 Å². The molecule has 4 heterocycles. The van der Waals surface area contributed by atoms with E-state index in [-0.39, 0.29) is 11.5 Å². The number of aryl methyl sites for hydroxylation is 2. The minimum Gasteiger partial charge on any atom is -0.400 e. The third-order valence-electron chi connectivity index (χ3n) is 5.69. The van der Waals surface area contributed by atoms with Gasteiger partial charge in [0.05, 0.1) is 10.3 Å². The Morgan fingerprint density at radius 1 is 1.27 bits per heavy atom. The van der Waals surface area contributed by atoms with Crippen LogP contribution in [0, 0.1) is 13.8 Å². The standard InChI is InChI=1S/C19H17N5O3S.CH4O/c1-9-6-11(18(27)24-14(9)16(26)23-19(24)4-3-5-19)22-15-13-10(2)12(7-25)28-17(13)21-8-20-15;1-2/h6-8H,3-5H2,1-2H3,(H,23,26)(H,20,21,22);2H,1H3. The van der Waals surface area contributed by atoms with E-state index in [4.69, 9.17) is 5.11 Å². The Kier molecular flexibility index (Phi) is 4.91. The molecule has 1 spiro atoms. The third-order valence-corrected chi connectivity index (χ3v) is 6.81. The van der Waals surface area contributed by atoms with Crippen molar-refractivity contribution in [2.45, 2.75) is 38.8 Å². The minimum absolute atomic E-state index is 0.199. The molecule has 9 nitrogen and oxygen atoms in total. The summed E-state index contributed by atoms with van der Waals surface area (Å²) in [5.41, 5.74) is 1.43. The Bertz CT molecular complexity index is 1240. The maximum Gasteiger partial charge on any atom is 0.276 e. The number of carbonyl (C=O) groups is 2. The third kappa shape index (κ3) is 2.75. The first kappa shape index (κ1) is 20.2. The predicted molar refractivity (Wildman–Crippen MR) is 114 cm³/mol. The monoisotopic (exact) mass is 427 g/mol. The molecule has 1 fully saturated rings. The van der Waals surface area contributed by atoms with Crippen LogP contribution in [0.1, 0.15) is 50.5 Å². The van der Waals surface area contributed by atoms with Gasteiger partial charge in [-0.05, 0) is 50.3 Å². The van der Waals surface area contributed by atoms with Gasteiger partial charge in [-0.1, -0.05) is 0 Å². The van der Waals surface area contributed by atoms with E-state index in [1.54, 1.807) is 10.6 Å². The van der Waals surface area contributed by atoms with E-state index in [2.05, 4.69) is 20.6 Å². The number of rotatable bonds is 3. The summed E-state index contributed by atoms with van der Waals surface area (Å²) in [6.45, 7) is 3.66. The number of thiophene rings is 1. The number of aliphatic hydroxyl groups excluding tert-OH is 1. The van der Waals surface area contributed by atoms with Crippen molar-refractivity contribution in [3.63, 3.8) is 0 Å². The van der Waals surface area contributed by atoms with Crippen LogP contribution >= 0.6 is 11.3 Å². The largest absolute Gasteiger partial charge is 0.400 e. The van der Waals surface area contributed by atoms with E-state index in [0.29, 0.717) is 26.9 Å². The highest BCUT2D eigenvalue weighted by atomic mass is 32.1. The van der Waals surface area contributed by atoms with Crippen LogP contribution in [-0.2, 0) is 5.66 Å². The van der Waals surface area contributed by atoms with Crippen molar-refractivity contribution in [3.05, 3.63) is 44.4 Å². The smallest absolute Gasteiger partial charge is 0.276 e. The number of hydrogen-bond donors (Lipinski definition) is 3. The van der Waals surface area contributed by atoms with Gasteiger partial charge in [0.25, 0.3) is 11.5 Å². The molecule has 1 aliphatic carbocycles. The van der Waals surface area contributed by atoms with Crippen LogP contribution < -0.4 is 16.2 Å². The fourth-order valence-electron chi connectivity index (χ4n) is 4.13. The van der Waals surface area contributed by atoms with Gasteiger partial charge in [-0.15, -0.1) is 11.3 Å². The SMILES string of the molecule is CO.Cc1cc(Nc2ncnc3sc(C=O)c(C)c23)c(=O)n2c1C(=O)NC21CCC1. The van der Waals surface area contributed by atoms with Crippen LogP contribution in [0.5, 0.6) is 0 Å². The summed E-state index contributed by atoms with van der Waals surface area (Å²) < 4.78 is 1.60. The maximum absolute atomic E-state index is 13.3. The molecule has 1 aliphatic heterocycles. The normalized spacial score (nSPS) is 15.8. The van der Waals surface area contributed by atoms with Gasteiger partial charge >= 0.3 is 0 Å². The summed E-state index contributed by atoms with van der Waals surface area (Å²) >= 11 is 1.29. The van der Waals surface area contributed by atoms with Crippen molar-refractivity contribution in [2.24, 2.45) is 0 Å². The average molecular weight is 427 g/mol. The first-order chi connectivity index (χ1) is 14.4. The Balaban J connectivity index is 0.00000106. The second-order valence-electron chi connectivity index (χ2n) is 7.31. The number of fused-ring (bicyclic) bond motifs is 3. The molecular formula is C20H21N5O4S. The van der Waals surface area contributed by atoms with Gasteiger partial charge in [0.1, 0.15) is 34.0 Å². The maximum atomic E-state index is 13.3. The van der Waals surface area contributed by atoms with Crippen molar-refractivity contribution in [3.8, 4) is 0 Å². The molecule has 1 saturated carbocycles. The van der Waals surface area contributed by atoms with Gasteiger partial charge in [-0.25, -0.2) is 9.97 Å². The highest BCUT2D eigenvalue weighted by Crippen LogP contribution is 2.41. The zero-order valence-electron chi connectivity index (χ0n) is 16.8. The molecule has 5 rings (SSSR count). The number of amides is 1. The molecule has 0 atom stereocenters. The zero-order valence-corrected chi connectivity index (χ0v) is 17.6. The van der Waals surface area contributed by atoms with Crippen LogP contribution in [-0.4, -0.2) is 38.9 Å². The molecule has 0 saturated heterocycles. The van der Waals surface area contributed by atoms with Gasteiger partial charge in [0, 0.05) is 7.11 Å². The molecule has 3 aromatic rings. The zero-order chi connectivity index (χ0) is 21.6. The number of carbonyl (C=O) groups excluding carboxylic acids is 2. The lowest BCUT2D eigenvalue weighted by Crippen LogP contribution is -2.52. The number of anilines is 2. The lowest BCUT2D eigenvalue weighted by atomic mass is 9.85. The molecule has 1 amide bonds. The minimum atomic E-state index is -0.601. The van der Waals surface area contributed by atoms with Crippen LogP contribution in [0.25, 0.3) is 10.2 Å². The number of nitrogens with one attached hydrogen (secondary N) is 2. The first-order valence-electron chi connectivity index (χ1n) is 9.46. The summed E-state index contributed by atoms with van der Waals surface area (Å²) in [4.78, 5) is 46.8. The van der Waals surface area contributed by atoms with Crippen LogP contribution in [0.15, 0.2) is 17.2 Å². The second kappa shape index (κ2) is 7.29. The summed E-state index contributed by atoms with van der Waals surface area (Å²) in [5, 5.41) is 13.8. The van der Waals surface area contributed by atoms with Gasteiger partial charge in [0.15, 0.2) is 6.29 Å². The van der Waals surface area contributed by atoms with E-state index in [1.807, 2.05) is 13.8 Å². The van der Waals surface area contributed by atoms with E-state index < -0.39 is 5.66 Å². The number of nitrogens with zero attached hydrogens (tertiary/aromatic N) is 3. The predicted octanol–water partition coefficient (Wildman–Crippen LogP) is 2.21. The van der Waals surface area contributed by atoms with Gasteiger partial charge in [-0.3, -0.25) is 19.0 Å². The Labute approximate surface area is 175 Å². The van der Waals surface area contributed by atoms with Crippen molar-refractivity contribution in [1.29, 1.82) is 0 Å². The fourth-order valence-corrected chi connectivity index (χ4v) is 5.10. The number of hydrogen-bond acceptors (Lipinski definition) is 8. The van der Waals surface area contributed by atoms with Crippen molar-refractivity contribution >= 4 is 45.3 Å². The number of pyridine rings is 1. The summed E-state index contributed by atoms with van der Waals surface area (Å²) in [6.07, 6.45) is 4.68. The average Bonchev–Trinajstić information content (AvgIpc) is 3.23. The van der Waals surface area contributed by atoms with E-state index in [0.717, 1.165) is 49.2 Å². The lowest BCUT2D eigenvalue weighted by molar-refractivity contribution is 0.0789. The summed E-state index contributed by atoms with van der Waals surface area (Å²) in [7, 11) is 1.00. The summed E-state index contributed by atoms with van der Waals surface area (Å²) in [5.74, 6) is 0.276. The fraction of sp³-hybridized carbons (Fsp3) is 0.350. The number of aliphatic hydroxyl groups is 1. The summed E-state index contributed by atoms with van der Waals surface area (Å²) in [6, 6.07) is 1.68. The van der Waals surface area contributed by atoms with Gasteiger partial charge in [-0.2, -0.15) is 0 Å². The molecule has 156 valence electrons. The Morgan fingerprint density at radius 2 is 2.00 bits per heavy atom. The molecule has 2 aliphatic rings. The molecule has 10 heteroatoms.